The molecule has 0 radical (unpaired) electrons. The monoisotopic (exact) mass is 336 g/mol. The fourth-order valence-corrected chi connectivity index (χ4v) is 2.25. The van der Waals surface area contributed by atoms with Gasteiger partial charge in [0.2, 0.25) is 11.8 Å². The van der Waals surface area contributed by atoms with E-state index in [-0.39, 0.29) is 12.3 Å². The van der Waals surface area contributed by atoms with Gasteiger partial charge < -0.3 is 20.8 Å². The van der Waals surface area contributed by atoms with E-state index in [4.69, 9.17) is 10.2 Å². The molecule has 0 aliphatic carbocycles. The van der Waals surface area contributed by atoms with E-state index >= 15 is 0 Å². The molecule has 0 fully saturated rings. The number of hydrogen-bond acceptors (Lipinski definition) is 4. The fraction of sp³-hybridized carbons (Fsp3) is 0.0556. The first-order valence-corrected chi connectivity index (χ1v) is 7.56. The summed E-state index contributed by atoms with van der Waals surface area (Å²) in [5, 5.41) is 5.20. The molecule has 0 saturated carbocycles. The number of benzene rings is 2. The van der Waals surface area contributed by atoms with Crippen LogP contribution in [-0.2, 0) is 11.2 Å². The van der Waals surface area contributed by atoms with Gasteiger partial charge >= 0.3 is 6.03 Å². The average molecular weight is 336 g/mol. The van der Waals surface area contributed by atoms with Gasteiger partial charge in [0.05, 0.1) is 12.1 Å². The summed E-state index contributed by atoms with van der Waals surface area (Å²) >= 11 is 0. The van der Waals surface area contributed by atoms with Crippen LogP contribution in [0.1, 0.15) is 5.69 Å². The van der Waals surface area contributed by atoms with Gasteiger partial charge in [-0.3, -0.25) is 4.79 Å². The van der Waals surface area contributed by atoms with Crippen LogP contribution in [0.5, 0.6) is 0 Å². The molecule has 3 rings (SSSR count). The summed E-state index contributed by atoms with van der Waals surface area (Å²) in [4.78, 5) is 27.2. The number of amides is 3. The van der Waals surface area contributed by atoms with Crippen LogP contribution in [0.3, 0.4) is 0 Å². The number of rotatable bonds is 5. The summed E-state index contributed by atoms with van der Waals surface area (Å²) in [7, 11) is 0. The second-order valence-electron chi connectivity index (χ2n) is 5.30. The Kier molecular flexibility index (Phi) is 4.75. The third-order valence-corrected chi connectivity index (χ3v) is 3.35. The van der Waals surface area contributed by atoms with Crippen LogP contribution in [0.4, 0.5) is 16.2 Å². The van der Waals surface area contributed by atoms with Crippen LogP contribution in [0, 0.1) is 0 Å². The number of primary amides is 1. The first kappa shape index (κ1) is 16.3. The van der Waals surface area contributed by atoms with Gasteiger partial charge in [-0.2, -0.15) is 0 Å². The molecule has 2 aromatic carbocycles. The van der Waals surface area contributed by atoms with E-state index in [1.165, 1.54) is 6.26 Å². The Hall–Kier alpha value is -3.61. The second-order valence-corrected chi connectivity index (χ2v) is 5.30. The number of aromatic nitrogens is 1. The van der Waals surface area contributed by atoms with Gasteiger partial charge in [-0.15, -0.1) is 0 Å². The molecule has 0 aliphatic rings. The number of nitrogens with two attached hydrogens (primary N) is 1. The van der Waals surface area contributed by atoms with E-state index in [9.17, 15) is 9.59 Å². The lowest BCUT2D eigenvalue weighted by atomic mass is 10.2. The van der Waals surface area contributed by atoms with Crippen LogP contribution in [0.2, 0.25) is 0 Å². The molecule has 25 heavy (non-hydrogen) atoms. The Bertz CT molecular complexity index is 873. The molecule has 0 atom stereocenters. The normalized spacial score (nSPS) is 10.2. The predicted molar refractivity (Wildman–Crippen MR) is 93.9 cm³/mol. The minimum atomic E-state index is -0.642. The molecular formula is C18H16N4O3. The molecule has 0 bridgehead atoms. The number of oxazole rings is 1. The molecule has 1 heterocycles. The highest BCUT2D eigenvalue weighted by molar-refractivity contribution is 5.93. The number of anilines is 2. The van der Waals surface area contributed by atoms with E-state index in [1.807, 2.05) is 30.3 Å². The second kappa shape index (κ2) is 7.31. The maximum atomic E-state index is 12.1. The Morgan fingerprint density at radius 2 is 1.60 bits per heavy atom. The van der Waals surface area contributed by atoms with Gasteiger partial charge in [0.25, 0.3) is 0 Å². The van der Waals surface area contributed by atoms with Crippen molar-refractivity contribution in [2.45, 2.75) is 6.42 Å². The van der Waals surface area contributed by atoms with Gasteiger partial charge in [-0.25, -0.2) is 9.78 Å². The first-order valence-electron chi connectivity index (χ1n) is 7.56. The van der Waals surface area contributed by atoms with Crippen molar-refractivity contribution in [2.24, 2.45) is 5.73 Å². The van der Waals surface area contributed by atoms with E-state index < -0.39 is 6.03 Å². The molecule has 7 heteroatoms. The standard InChI is InChI=1S/C18H16N4O3/c19-18(24)22-14-8-6-13(7-9-14)20-16(23)10-15-11-25-17(21-15)12-4-2-1-3-5-12/h1-9,11H,10H2,(H,20,23)(H3,19,22,24). The van der Waals surface area contributed by atoms with Crippen LogP contribution >= 0.6 is 0 Å². The van der Waals surface area contributed by atoms with E-state index in [0.29, 0.717) is 23.0 Å². The van der Waals surface area contributed by atoms with Gasteiger partial charge in [-0.05, 0) is 36.4 Å². The molecule has 3 aromatic rings. The third kappa shape index (κ3) is 4.44. The average Bonchev–Trinajstić information content (AvgIpc) is 3.05. The van der Waals surface area contributed by atoms with Crippen LogP contribution in [0.15, 0.2) is 65.3 Å². The molecule has 1 aromatic heterocycles. The van der Waals surface area contributed by atoms with Crippen molar-refractivity contribution < 1.29 is 14.0 Å². The highest BCUT2D eigenvalue weighted by atomic mass is 16.3. The molecule has 126 valence electrons. The third-order valence-electron chi connectivity index (χ3n) is 3.35. The molecular weight excluding hydrogens is 320 g/mol. The van der Waals surface area contributed by atoms with Crippen molar-refractivity contribution >= 4 is 23.3 Å². The van der Waals surface area contributed by atoms with Crippen molar-refractivity contribution in [3.63, 3.8) is 0 Å². The fourth-order valence-electron chi connectivity index (χ4n) is 2.25. The van der Waals surface area contributed by atoms with E-state index in [2.05, 4.69) is 15.6 Å². The van der Waals surface area contributed by atoms with Crippen molar-refractivity contribution in [3.05, 3.63) is 66.6 Å². The summed E-state index contributed by atoms with van der Waals surface area (Å²) in [6.45, 7) is 0. The number of nitrogens with one attached hydrogen (secondary N) is 2. The lowest BCUT2D eigenvalue weighted by Crippen LogP contribution is -2.19. The smallest absolute Gasteiger partial charge is 0.316 e. The Morgan fingerprint density at radius 3 is 2.24 bits per heavy atom. The van der Waals surface area contributed by atoms with Gasteiger partial charge in [-0.1, -0.05) is 18.2 Å². The summed E-state index contributed by atoms with van der Waals surface area (Å²) < 4.78 is 5.41. The zero-order valence-corrected chi connectivity index (χ0v) is 13.2. The largest absolute Gasteiger partial charge is 0.444 e. The van der Waals surface area contributed by atoms with Crippen molar-refractivity contribution in [3.8, 4) is 11.5 Å². The number of carbonyl (C=O) groups is 2. The first-order chi connectivity index (χ1) is 12.1. The lowest BCUT2D eigenvalue weighted by molar-refractivity contribution is -0.115. The maximum absolute atomic E-state index is 12.1. The number of nitrogens with zero attached hydrogens (tertiary/aromatic N) is 1. The minimum absolute atomic E-state index is 0.0949. The highest BCUT2D eigenvalue weighted by Crippen LogP contribution is 2.18. The molecule has 0 unspecified atom stereocenters. The number of hydrogen-bond donors (Lipinski definition) is 3. The minimum Gasteiger partial charge on any atom is -0.444 e. The summed E-state index contributed by atoms with van der Waals surface area (Å²) in [5.74, 6) is 0.258. The Labute approximate surface area is 143 Å². The van der Waals surface area contributed by atoms with Crippen molar-refractivity contribution in [1.29, 1.82) is 0 Å². The van der Waals surface area contributed by atoms with E-state index in [1.54, 1.807) is 24.3 Å². The van der Waals surface area contributed by atoms with Gasteiger partial charge in [0.15, 0.2) is 0 Å². The SMILES string of the molecule is NC(=O)Nc1ccc(NC(=O)Cc2coc(-c3ccccc3)n2)cc1. The summed E-state index contributed by atoms with van der Waals surface area (Å²) in [6, 6.07) is 15.4. The highest BCUT2D eigenvalue weighted by Gasteiger charge is 2.10. The van der Waals surface area contributed by atoms with Crippen molar-refractivity contribution in [1.82, 2.24) is 4.98 Å². The summed E-state index contributed by atoms with van der Waals surface area (Å²) in [6.07, 6.45) is 1.57. The van der Waals surface area contributed by atoms with Crippen LogP contribution in [-0.4, -0.2) is 16.9 Å². The van der Waals surface area contributed by atoms with Crippen LogP contribution in [0.25, 0.3) is 11.5 Å². The maximum Gasteiger partial charge on any atom is 0.316 e. The Balaban J connectivity index is 1.59. The predicted octanol–water partition coefficient (Wildman–Crippen LogP) is 3.01. The molecule has 7 nitrogen and oxygen atoms in total. The molecule has 0 aliphatic heterocycles. The van der Waals surface area contributed by atoms with Crippen molar-refractivity contribution in [2.75, 3.05) is 10.6 Å². The lowest BCUT2D eigenvalue weighted by Gasteiger charge is -2.06. The zero-order chi connectivity index (χ0) is 17.6. The zero-order valence-electron chi connectivity index (χ0n) is 13.2. The van der Waals surface area contributed by atoms with Gasteiger partial charge in [0.1, 0.15) is 6.26 Å². The van der Waals surface area contributed by atoms with E-state index in [0.717, 1.165) is 5.56 Å². The topological polar surface area (TPSA) is 110 Å². The number of urea groups is 1. The van der Waals surface area contributed by atoms with Crippen LogP contribution < -0.4 is 16.4 Å². The number of carbonyl (C=O) groups excluding carboxylic acids is 2. The quantitative estimate of drug-likeness (QED) is 0.665. The molecule has 4 N–H and O–H groups in total. The molecule has 0 saturated heterocycles. The van der Waals surface area contributed by atoms with Gasteiger partial charge in [0, 0.05) is 16.9 Å². The molecule has 3 amide bonds. The molecule has 0 spiro atoms. The Morgan fingerprint density at radius 1 is 0.960 bits per heavy atom. The summed E-state index contributed by atoms with van der Waals surface area (Å²) in [5.41, 5.74) is 7.59.